The summed E-state index contributed by atoms with van der Waals surface area (Å²) in [6, 6.07) is 14.7. The molecule has 174 valence electrons. The maximum atomic E-state index is 9.90. The number of aryl methyl sites for hydroxylation is 1. The summed E-state index contributed by atoms with van der Waals surface area (Å²) in [4.78, 5) is 2.35. The van der Waals surface area contributed by atoms with Gasteiger partial charge in [0.1, 0.15) is 5.75 Å². The number of hydrogen-bond acceptors (Lipinski definition) is 4. The molecule has 0 saturated heterocycles. The van der Waals surface area contributed by atoms with Crippen LogP contribution in [0.1, 0.15) is 75.5 Å². The Morgan fingerprint density at radius 2 is 1.82 bits per heavy atom. The smallest absolute Gasteiger partial charge is 0.115 e. The van der Waals surface area contributed by atoms with Crippen molar-refractivity contribution in [2.75, 3.05) is 18.0 Å². The molecule has 4 nitrogen and oxygen atoms in total. The third-order valence-corrected chi connectivity index (χ3v) is 8.86. The van der Waals surface area contributed by atoms with Crippen molar-refractivity contribution >= 4 is 17.6 Å². The van der Waals surface area contributed by atoms with Gasteiger partial charge in [0.25, 0.3) is 0 Å². The largest absolute Gasteiger partial charge is 0.508 e. The number of benzene rings is 2. The topological polar surface area (TPSA) is 48.2 Å². The standard InChI is InChI=1S/C29H37N3O/c1-4-32(5-2)22-9-6-20(7-10-22)19-30-31-28-15-14-27-26-12-8-21-18-23(33)11-13-24(21)25(26)16-17-29(27,28)3/h6-7,9-11,13,18-19,25-27,33H,4-5,8,12,14-17H2,1-3H3/b30-19+,31-28+. The van der Waals surface area contributed by atoms with E-state index in [0.29, 0.717) is 17.6 Å². The molecule has 3 aliphatic rings. The van der Waals surface area contributed by atoms with E-state index < -0.39 is 0 Å². The molecule has 0 amide bonds. The van der Waals surface area contributed by atoms with Crippen LogP contribution in [-0.4, -0.2) is 30.1 Å². The van der Waals surface area contributed by atoms with Crippen LogP contribution in [0, 0.1) is 17.3 Å². The molecule has 0 bridgehead atoms. The normalized spacial score (nSPS) is 29.7. The Kier molecular flexibility index (Phi) is 6.03. The number of phenols is 1. The quantitative estimate of drug-likeness (QED) is 0.420. The number of fused-ring (bicyclic) bond motifs is 5. The highest BCUT2D eigenvalue weighted by atomic mass is 16.3. The molecule has 0 aliphatic heterocycles. The first kappa shape index (κ1) is 22.2. The van der Waals surface area contributed by atoms with Crippen LogP contribution in [0.3, 0.4) is 0 Å². The first-order valence-electron chi connectivity index (χ1n) is 12.8. The number of rotatable bonds is 5. The van der Waals surface area contributed by atoms with Crippen molar-refractivity contribution < 1.29 is 5.11 Å². The van der Waals surface area contributed by atoms with Gasteiger partial charge in [-0.2, -0.15) is 10.2 Å². The van der Waals surface area contributed by atoms with Crippen molar-refractivity contribution in [3.8, 4) is 5.75 Å². The fraction of sp³-hybridized carbons (Fsp3) is 0.517. The van der Waals surface area contributed by atoms with Crippen LogP contribution in [0.25, 0.3) is 0 Å². The summed E-state index contributed by atoms with van der Waals surface area (Å²) in [7, 11) is 0. The first-order valence-corrected chi connectivity index (χ1v) is 12.8. The predicted octanol–water partition coefficient (Wildman–Crippen LogP) is 6.57. The monoisotopic (exact) mass is 443 g/mol. The van der Waals surface area contributed by atoms with Gasteiger partial charge in [-0.15, -0.1) is 0 Å². The van der Waals surface area contributed by atoms with Gasteiger partial charge in [0.05, 0.1) is 6.21 Å². The van der Waals surface area contributed by atoms with E-state index >= 15 is 0 Å². The van der Waals surface area contributed by atoms with E-state index in [2.05, 4.69) is 61.1 Å². The van der Waals surface area contributed by atoms with Crippen molar-refractivity contribution in [3.05, 3.63) is 59.2 Å². The summed E-state index contributed by atoms with van der Waals surface area (Å²) in [5.74, 6) is 2.47. The molecule has 4 heteroatoms. The molecule has 33 heavy (non-hydrogen) atoms. The van der Waals surface area contributed by atoms with Crippen LogP contribution in [0.4, 0.5) is 5.69 Å². The SMILES string of the molecule is CCN(CC)c1ccc(/C=N/N=C2\CCC3C4CCc5cc(O)ccc5C4CCC23C)cc1. The molecular weight excluding hydrogens is 406 g/mol. The summed E-state index contributed by atoms with van der Waals surface area (Å²) in [5, 5.41) is 19.3. The van der Waals surface area contributed by atoms with Crippen molar-refractivity contribution in [3.63, 3.8) is 0 Å². The average molecular weight is 444 g/mol. The van der Waals surface area contributed by atoms with Crippen LogP contribution >= 0.6 is 0 Å². The second kappa shape index (κ2) is 8.96. The van der Waals surface area contributed by atoms with Gasteiger partial charge in [0, 0.05) is 29.9 Å². The lowest BCUT2D eigenvalue weighted by Crippen LogP contribution is -2.42. The minimum Gasteiger partial charge on any atom is -0.508 e. The number of anilines is 1. The third-order valence-electron chi connectivity index (χ3n) is 8.86. The fourth-order valence-electron chi connectivity index (χ4n) is 7.05. The molecule has 2 saturated carbocycles. The van der Waals surface area contributed by atoms with Gasteiger partial charge in [-0.1, -0.05) is 25.1 Å². The second-order valence-corrected chi connectivity index (χ2v) is 10.3. The Morgan fingerprint density at radius 1 is 1.03 bits per heavy atom. The summed E-state index contributed by atoms with van der Waals surface area (Å²) >= 11 is 0. The molecule has 0 spiro atoms. The second-order valence-electron chi connectivity index (χ2n) is 10.3. The van der Waals surface area contributed by atoms with Crippen LogP contribution in [0.5, 0.6) is 5.75 Å². The average Bonchev–Trinajstić information content (AvgIpc) is 3.17. The molecule has 4 atom stereocenters. The Labute approximate surface area is 198 Å². The van der Waals surface area contributed by atoms with E-state index in [0.717, 1.165) is 37.4 Å². The van der Waals surface area contributed by atoms with Crippen molar-refractivity contribution in [1.29, 1.82) is 0 Å². The molecule has 2 fully saturated rings. The van der Waals surface area contributed by atoms with Crippen LogP contribution in [-0.2, 0) is 6.42 Å². The minimum absolute atomic E-state index is 0.180. The van der Waals surface area contributed by atoms with Crippen molar-refractivity contribution in [2.45, 2.75) is 65.2 Å². The van der Waals surface area contributed by atoms with Crippen LogP contribution < -0.4 is 4.90 Å². The summed E-state index contributed by atoms with van der Waals surface area (Å²) in [6.07, 6.45) is 8.94. The number of hydrogen-bond donors (Lipinski definition) is 1. The highest BCUT2D eigenvalue weighted by molar-refractivity contribution is 5.93. The van der Waals surface area contributed by atoms with Crippen LogP contribution in [0.2, 0.25) is 0 Å². The summed E-state index contributed by atoms with van der Waals surface area (Å²) in [5.41, 5.74) is 6.70. The first-order chi connectivity index (χ1) is 16.0. The summed E-state index contributed by atoms with van der Waals surface area (Å²) < 4.78 is 0. The molecule has 0 aromatic heterocycles. The number of phenolic OH excluding ortho intramolecular Hbond substituents is 1. The van der Waals surface area contributed by atoms with Gasteiger partial charge < -0.3 is 10.0 Å². The molecule has 0 heterocycles. The van der Waals surface area contributed by atoms with E-state index in [9.17, 15) is 5.11 Å². The molecule has 3 aliphatic carbocycles. The Morgan fingerprint density at radius 3 is 2.58 bits per heavy atom. The van der Waals surface area contributed by atoms with Crippen LogP contribution in [0.15, 0.2) is 52.7 Å². The number of aromatic hydroxyl groups is 1. The Hall–Kier alpha value is -2.62. The summed E-state index contributed by atoms with van der Waals surface area (Å²) in [6.45, 7) is 8.87. The molecule has 2 aromatic rings. The van der Waals surface area contributed by atoms with Gasteiger partial charge in [-0.25, -0.2) is 0 Å². The molecule has 4 unspecified atom stereocenters. The van der Waals surface area contributed by atoms with Crippen molar-refractivity contribution in [1.82, 2.24) is 0 Å². The van der Waals surface area contributed by atoms with E-state index in [1.807, 2.05) is 18.3 Å². The number of nitrogens with zero attached hydrogens (tertiary/aromatic N) is 3. The lowest BCUT2D eigenvalue weighted by Gasteiger charge is -2.49. The zero-order valence-corrected chi connectivity index (χ0v) is 20.3. The Balaban J connectivity index is 1.31. The van der Waals surface area contributed by atoms with Gasteiger partial charge in [-0.05, 0) is 111 Å². The molecule has 2 aromatic carbocycles. The third kappa shape index (κ3) is 3.98. The highest BCUT2D eigenvalue weighted by Gasteiger charge is 2.53. The predicted molar refractivity (Wildman–Crippen MR) is 138 cm³/mol. The molecule has 1 N–H and O–H groups in total. The van der Waals surface area contributed by atoms with Gasteiger partial charge in [0.2, 0.25) is 0 Å². The maximum absolute atomic E-state index is 9.90. The fourth-order valence-corrected chi connectivity index (χ4v) is 7.05. The molecule has 5 rings (SSSR count). The van der Waals surface area contributed by atoms with Gasteiger partial charge >= 0.3 is 0 Å². The zero-order chi connectivity index (χ0) is 23.0. The van der Waals surface area contributed by atoms with E-state index in [1.165, 1.54) is 48.2 Å². The lowest BCUT2D eigenvalue weighted by atomic mass is 9.55. The minimum atomic E-state index is 0.180. The van der Waals surface area contributed by atoms with Crippen molar-refractivity contribution in [2.24, 2.45) is 27.5 Å². The van der Waals surface area contributed by atoms with E-state index in [1.54, 1.807) is 0 Å². The lowest BCUT2D eigenvalue weighted by molar-refractivity contribution is 0.0955. The maximum Gasteiger partial charge on any atom is 0.115 e. The Bertz CT molecular complexity index is 1050. The van der Waals surface area contributed by atoms with E-state index in [4.69, 9.17) is 5.10 Å². The van der Waals surface area contributed by atoms with Gasteiger partial charge in [-0.3, -0.25) is 0 Å². The molecule has 0 radical (unpaired) electrons. The van der Waals surface area contributed by atoms with E-state index in [-0.39, 0.29) is 5.41 Å². The molecular formula is C29H37N3O. The van der Waals surface area contributed by atoms with Gasteiger partial charge in [0.15, 0.2) is 0 Å². The highest BCUT2D eigenvalue weighted by Crippen LogP contribution is 2.60. The zero-order valence-electron chi connectivity index (χ0n) is 20.3.